The molecule has 1 amide bonds. The Morgan fingerprint density at radius 2 is 1.89 bits per heavy atom. The number of hydrogen-bond donors (Lipinski definition) is 1. The Bertz CT molecular complexity index is 522. The van der Waals surface area contributed by atoms with Crippen LogP contribution in [0.15, 0.2) is 29.2 Å². The van der Waals surface area contributed by atoms with Gasteiger partial charge in [-0.3, -0.25) is 8.98 Å². The van der Waals surface area contributed by atoms with E-state index in [1.807, 2.05) is 6.92 Å². The van der Waals surface area contributed by atoms with Gasteiger partial charge in [0.25, 0.3) is 10.1 Å². The normalized spacial score (nSPS) is 13.0. The summed E-state index contributed by atoms with van der Waals surface area (Å²) in [6, 6.07) is 5.89. The number of anilines is 1. The summed E-state index contributed by atoms with van der Waals surface area (Å²) >= 11 is 0. The summed E-state index contributed by atoms with van der Waals surface area (Å²) < 4.78 is 29.0. The first-order valence-electron chi connectivity index (χ1n) is 6.16. The number of hydrogen-bond acceptors (Lipinski definition) is 4. The third kappa shape index (κ3) is 5.00. The summed E-state index contributed by atoms with van der Waals surface area (Å²) in [5.74, 6) is -0.205. The molecule has 0 spiro atoms. The van der Waals surface area contributed by atoms with E-state index >= 15 is 0 Å². The van der Waals surface area contributed by atoms with Crippen LogP contribution in [0, 0.1) is 0 Å². The zero-order chi connectivity index (χ0) is 14.5. The van der Waals surface area contributed by atoms with Crippen LogP contribution in [-0.2, 0) is 19.1 Å². The number of amides is 1. The molecule has 0 aliphatic heterocycles. The highest BCUT2D eigenvalue weighted by Crippen LogP contribution is 2.18. The maximum atomic E-state index is 11.9. The van der Waals surface area contributed by atoms with E-state index < -0.39 is 10.1 Å². The van der Waals surface area contributed by atoms with Crippen LogP contribution in [0.25, 0.3) is 0 Å². The smallest absolute Gasteiger partial charge is 0.297 e. The minimum Gasteiger partial charge on any atom is -0.326 e. The minimum atomic E-state index is -3.74. The summed E-state index contributed by atoms with van der Waals surface area (Å²) in [6.07, 6.45) is 1.20. The molecule has 0 aliphatic carbocycles. The summed E-state index contributed by atoms with van der Waals surface area (Å²) in [6.45, 7) is 5.08. The molecule has 1 aromatic rings. The van der Waals surface area contributed by atoms with Crippen molar-refractivity contribution in [1.29, 1.82) is 0 Å². The quantitative estimate of drug-likeness (QED) is 0.815. The molecular formula is C13H19NO4S. The lowest BCUT2D eigenvalue weighted by molar-refractivity contribution is -0.114. The average molecular weight is 285 g/mol. The first kappa shape index (κ1) is 15.7. The molecule has 0 bridgehead atoms. The van der Waals surface area contributed by atoms with Gasteiger partial charge in [0.15, 0.2) is 0 Å². The van der Waals surface area contributed by atoms with Gasteiger partial charge in [-0.2, -0.15) is 8.42 Å². The van der Waals surface area contributed by atoms with Crippen molar-refractivity contribution in [2.75, 3.05) is 5.32 Å². The summed E-state index contributed by atoms with van der Waals surface area (Å²) in [7, 11) is -3.74. The lowest BCUT2D eigenvalue weighted by Gasteiger charge is -2.12. The summed E-state index contributed by atoms with van der Waals surface area (Å²) in [5, 5.41) is 2.57. The number of nitrogens with one attached hydrogen (secondary N) is 1. The molecule has 6 heteroatoms. The van der Waals surface area contributed by atoms with E-state index in [9.17, 15) is 13.2 Å². The Hall–Kier alpha value is -1.40. The van der Waals surface area contributed by atoms with Crippen molar-refractivity contribution in [3.8, 4) is 0 Å². The van der Waals surface area contributed by atoms with E-state index in [-0.39, 0.29) is 16.9 Å². The van der Waals surface area contributed by atoms with Crippen LogP contribution in [-0.4, -0.2) is 20.4 Å². The minimum absolute atomic E-state index is 0.0876. The number of carbonyl (C=O) groups excluding carboxylic acids is 1. The van der Waals surface area contributed by atoms with Crippen molar-refractivity contribution in [2.45, 2.75) is 44.6 Å². The Morgan fingerprint density at radius 3 is 2.37 bits per heavy atom. The topological polar surface area (TPSA) is 72.5 Å². The van der Waals surface area contributed by atoms with Crippen LogP contribution in [0.2, 0.25) is 0 Å². The Balaban J connectivity index is 2.81. The Kier molecular flexibility index (Phi) is 5.50. The second-order valence-corrected chi connectivity index (χ2v) is 5.93. The molecular weight excluding hydrogens is 266 g/mol. The van der Waals surface area contributed by atoms with E-state index in [2.05, 4.69) is 5.32 Å². The molecule has 0 aliphatic rings. The summed E-state index contributed by atoms with van der Waals surface area (Å²) in [4.78, 5) is 10.9. The fourth-order valence-corrected chi connectivity index (χ4v) is 2.74. The van der Waals surface area contributed by atoms with Crippen LogP contribution >= 0.6 is 0 Å². The van der Waals surface area contributed by atoms with Gasteiger partial charge < -0.3 is 5.32 Å². The van der Waals surface area contributed by atoms with Gasteiger partial charge >= 0.3 is 0 Å². The Morgan fingerprint density at radius 1 is 1.32 bits per heavy atom. The van der Waals surface area contributed by atoms with Gasteiger partial charge in [-0.15, -0.1) is 0 Å². The van der Waals surface area contributed by atoms with Crippen LogP contribution < -0.4 is 5.32 Å². The van der Waals surface area contributed by atoms with Crippen LogP contribution in [0.5, 0.6) is 0 Å². The fraction of sp³-hybridized carbons (Fsp3) is 0.462. The van der Waals surface area contributed by atoms with Gasteiger partial charge in [-0.05, 0) is 37.6 Å². The third-order valence-corrected chi connectivity index (χ3v) is 3.88. The highest BCUT2D eigenvalue weighted by molar-refractivity contribution is 7.86. The van der Waals surface area contributed by atoms with E-state index in [4.69, 9.17) is 4.18 Å². The second-order valence-electron chi connectivity index (χ2n) is 4.36. The zero-order valence-corrected chi connectivity index (χ0v) is 12.2. The van der Waals surface area contributed by atoms with E-state index in [1.54, 1.807) is 6.92 Å². The van der Waals surface area contributed by atoms with Crippen LogP contribution in [0.1, 0.15) is 33.6 Å². The SMILES string of the molecule is CCCC(C)OS(=O)(=O)c1ccc(NC(C)=O)cc1. The molecule has 0 saturated carbocycles. The van der Waals surface area contributed by atoms with Gasteiger partial charge in [-0.1, -0.05) is 13.3 Å². The maximum absolute atomic E-state index is 11.9. The van der Waals surface area contributed by atoms with Crippen molar-refractivity contribution >= 4 is 21.7 Å². The first-order valence-corrected chi connectivity index (χ1v) is 7.57. The molecule has 1 aromatic carbocycles. The largest absolute Gasteiger partial charge is 0.326 e. The third-order valence-electron chi connectivity index (χ3n) is 2.45. The Labute approximate surface area is 114 Å². The molecule has 0 aromatic heterocycles. The van der Waals surface area contributed by atoms with E-state index in [0.29, 0.717) is 12.1 Å². The van der Waals surface area contributed by atoms with E-state index in [1.165, 1.54) is 31.2 Å². The zero-order valence-electron chi connectivity index (χ0n) is 11.3. The summed E-state index contributed by atoms with van der Waals surface area (Å²) in [5.41, 5.74) is 0.549. The van der Waals surface area contributed by atoms with Crippen molar-refractivity contribution in [3.05, 3.63) is 24.3 Å². The van der Waals surface area contributed by atoms with Crippen LogP contribution in [0.3, 0.4) is 0 Å². The number of rotatable bonds is 6. The lowest BCUT2D eigenvalue weighted by atomic mass is 10.2. The molecule has 106 valence electrons. The van der Waals surface area contributed by atoms with Crippen molar-refractivity contribution in [3.63, 3.8) is 0 Å². The molecule has 0 heterocycles. The molecule has 1 unspecified atom stereocenters. The predicted octanol–water partition coefficient (Wildman–Crippen LogP) is 2.54. The fourth-order valence-electron chi connectivity index (χ4n) is 1.63. The number of benzene rings is 1. The molecule has 1 rings (SSSR count). The highest BCUT2D eigenvalue weighted by atomic mass is 32.2. The molecule has 19 heavy (non-hydrogen) atoms. The molecule has 0 fully saturated rings. The monoisotopic (exact) mass is 285 g/mol. The molecule has 0 saturated heterocycles. The molecule has 5 nitrogen and oxygen atoms in total. The van der Waals surface area contributed by atoms with Crippen molar-refractivity contribution < 1.29 is 17.4 Å². The van der Waals surface area contributed by atoms with Gasteiger partial charge in [0, 0.05) is 12.6 Å². The molecule has 1 atom stereocenters. The predicted molar refractivity (Wildman–Crippen MR) is 73.4 cm³/mol. The van der Waals surface area contributed by atoms with Crippen molar-refractivity contribution in [1.82, 2.24) is 0 Å². The first-order chi connectivity index (χ1) is 8.85. The maximum Gasteiger partial charge on any atom is 0.297 e. The van der Waals surface area contributed by atoms with Crippen molar-refractivity contribution in [2.24, 2.45) is 0 Å². The van der Waals surface area contributed by atoms with Gasteiger partial charge in [0.1, 0.15) is 0 Å². The highest BCUT2D eigenvalue weighted by Gasteiger charge is 2.18. The number of carbonyl (C=O) groups is 1. The second kappa shape index (κ2) is 6.68. The average Bonchev–Trinajstić information content (AvgIpc) is 2.28. The molecule has 0 radical (unpaired) electrons. The van der Waals surface area contributed by atoms with Gasteiger partial charge in [-0.25, -0.2) is 0 Å². The standard InChI is InChI=1S/C13H19NO4S/c1-4-5-10(2)18-19(16,17)13-8-6-12(7-9-13)14-11(3)15/h6-10H,4-5H2,1-3H3,(H,14,15). The van der Waals surface area contributed by atoms with Gasteiger partial charge in [0.2, 0.25) is 5.91 Å². The van der Waals surface area contributed by atoms with E-state index in [0.717, 1.165) is 6.42 Å². The van der Waals surface area contributed by atoms with Gasteiger partial charge in [0.05, 0.1) is 11.0 Å². The molecule has 1 N–H and O–H groups in total. The van der Waals surface area contributed by atoms with Crippen LogP contribution in [0.4, 0.5) is 5.69 Å². The lowest BCUT2D eigenvalue weighted by Crippen LogP contribution is -2.15.